The fourth-order valence-corrected chi connectivity index (χ4v) is 2.96. The highest BCUT2D eigenvalue weighted by atomic mass is 16.6. The van der Waals surface area contributed by atoms with E-state index in [1.807, 2.05) is 4.98 Å². The topological polar surface area (TPSA) is 205 Å². The Hall–Kier alpha value is -3.62. The Bertz CT molecular complexity index is 1210. The molecule has 1 aliphatic rings. The maximum absolute atomic E-state index is 12.0. The van der Waals surface area contributed by atoms with Crippen LogP contribution in [-0.4, -0.2) is 70.6 Å². The first-order valence-electron chi connectivity index (χ1n) is 8.27. The van der Waals surface area contributed by atoms with Crippen molar-refractivity contribution in [2.45, 2.75) is 24.5 Å². The number of esters is 1. The van der Waals surface area contributed by atoms with Crippen LogP contribution in [0.15, 0.2) is 33.1 Å². The van der Waals surface area contributed by atoms with Gasteiger partial charge >= 0.3 is 11.7 Å². The van der Waals surface area contributed by atoms with Crippen LogP contribution in [0.2, 0.25) is 0 Å². The number of rotatable bonds is 4. The summed E-state index contributed by atoms with van der Waals surface area (Å²) in [6.07, 6.45) is -2.77. The Morgan fingerprint density at radius 3 is 2.76 bits per heavy atom. The van der Waals surface area contributed by atoms with Gasteiger partial charge in [0.25, 0.3) is 11.1 Å². The van der Waals surface area contributed by atoms with Crippen molar-refractivity contribution in [1.82, 2.24) is 29.5 Å². The standard InChI is InChI=1S/C15H14N6O8/c22-7-1-5(19-15(27)20-7)14(26)28-2-6-9(23)10(24)13(29-6)21-4-18-8-11(21)16-3-17-12(8)25/h1,3-4,6,9-10,13,23-24H,2H2,(H,16,17,25)(H2,19,20,22,27)/t6-,9-,10-,13-/m1/s1. The number of H-pyrrole nitrogens is 3. The van der Waals surface area contributed by atoms with E-state index in [0.717, 1.165) is 12.4 Å². The first-order chi connectivity index (χ1) is 13.8. The van der Waals surface area contributed by atoms with E-state index < -0.39 is 53.9 Å². The van der Waals surface area contributed by atoms with Crippen LogP contribution in [-0.2, 0) is 9.47 Å². The zero-order valence-electron chi connectivity index (χ0n) is 14.4. The quantitative estimate of drug-likeness (QED) is 0.277. The summed E-state index contributed by atoms with van der Waals surface area (Å²) >= 11 is 0. The van der Waals surface area contributed by atoms with Crippen LogP contribution < -0.4 is 16.8 Å². The van der Waals surface area contributed by atoms with Crippen molar-refractivity contribution in [1.29, 1.82) is 0 Å². The van der Waals surface area contributed by atoms with Crippen LogP contribution in [0.1, 0.15) is 16.7 Å². The highest BCUT2D eigenvalue weighted by Crippen LogP contribution is 2.31. The van der Waals surface area contributed by atoms with E-state index in [-0.39, 0.29) is 16.9 Å². The number of aromatic nitrogens is 6. The molecule has 152 valence electrons. The molecule has 5 N–H and O–H groups in total. The second kappa shape index (κ2) is 7.08. The SMILES string of the molecule is O=C(OC[C@H]1O[C@@H](n2cnc3c(=O)[nH]cnc32)[C@H](O)[C@@H]1O)c1cc(=O)[nH]c(=O)[nH]1. The highest BCUT2D eigenvalue weighted by molar-refractivity contribution is 5.86. The van der Waals surface area contributed by atoms with E-state index in [0.29, 0.717) is 0 Å². The summed E-state index contributed by atoms with van der Waals surface area (Å²) in [6, 6.07) is 0.841. The van der Waals surface area contributed by atoms with Gasteiger partial charge in [-0.05, 0) is 0 Å². The number of carbonyl (C=O) groups is 1. The fourth-order valence-electron chi connectivity index (χ4n) is 2.96. The molecule has 14 heteroatoms. The van der Waals surface area contributed by atoms with Crippen molar-refractivity contribution in [3.63, 3.8) is 0 Å². The molecule has 4 heterocycles. The average Bonchev–Trinajstić information content (AvgIpc) is 3.22. The molecule has 0 aromatic carbocycles. The Morgan fingerprint density at radius 2 is 2.00 bits per heavy atom. The largest absolute Gasteiger partial charge is 0.458 e. The van der Waals surface area contributed by atoms with Crippen molar-refractivity contribution in [2.24, 2.45) is 0 Å². The van der Waals surface area contributed by atoms with Gasteiger partial charge in [-0.25, -0.2) is 19.6 Å². The molecule has 0 saturated carbocycles. The van der Waals surface area contributed by atoms with Gasteiger partial charge in [0.05, 0.1) is 12.7 Å². The molecule has 0 radical (unpaired) electrons. The average molecular weight is 406 g/mol. The lowest BCUT2D eigenvalue weighted by molar-refractivity contribution is -0.0566. The molecule has 1 aliphatic heterocycles. The summed E-state index contributed by atoms with van der Waals surface area (Å²) in [6.45, 7) is -0.483. The summed E-state index contributed by atoms with van der Waals surface area (Å²) in [7, 11) is 0. The minimum atomic E-state index is -1.44. The molecule has 0 bridgehead atoms. The molecule has 0 aliphatic carbocycles. The lowest BCUT2D eigenvalue weighted by Crippen LogP contribution is -2.34. The van der Waals surface area contributed by atoms with Gasteiger partial charge in [-0.2, -0.15) is 0 Å². The van der Waals surface area contributed by atoms with Crippen molar-refractivity contribution in [3.8, 4) is 0 Å². The molecule has 0 spiro atoms. The Labute approximate surface area is 158 Å². The maximum atomic E-state index is 12.0. The van der Waals surface area contributed by atoms with Gasteiger partial charge in [0.1, 0.15) is 30.6 Å². The number of aliphatic hydroxyl groups is 2. The second-order valence-electron chi connectivity index (χ2n) is 6.20. The van der Waals surface area contributed by atoms with Crippen LogP contribution in [0.5, 0.6) is 0 Å². The molecule has 1 fully saturated rings. The fraction of sp³-hybridized carbons (Fsp3) is 0.333. The van der Waals surface area contributed by atoms with Gasteiger partial charge in [-0.15, -0.1) is 0 Å². The van der Waals surface area contributed by atoms with Crippen molar-refractivity contribution >= 4 is 17.1 Å². The molecule has 29 heavy (non-hydrogen) atoms. The zero-order valence-corrected chi connectivity index (χ0v) is 14.4. The van der Waals surface area contributed by atoms with Gasteiger partial charge in [0.15, 0.2) is 17.4 Å². The zero-order chi connectivity index (χ0) is 20.7. The normalized spacial score (nSPS) is 24.1. The van der Waals surface area contributed by atoms with Crippen LogP contribution in [0.25, 0.3) is 11.2 Å². The molecule has 3 aromatic heterocycles. The monoisotopic (exact) mass is 406 g/mol. The third kappa shape index (κ3) is 3.35. The van der Waals surface area contributed by atoms with Crippen molar-refractivity contribution < 1.29 is 24.5 Å². The van der Waals surface area contributed by atoms with Gasteiger partial charge in [0, 0.05) is 6.07 Å². The van der Waals surface area contributed by atoms with E-state index in [4.69, 9.17) is 9.47 Å². The van der Waals surface area contributed by atoms with E-state index in [1.165, 1.54) is 10.9 Å². The number of carbonyl (C=O) groups excluding carboxylic acids is 1. The lowest BCUT2D eigenvalue weighted by atomic mass is 10.1. The Kier molecular flexibility index (Phi) is 4.57. The smallest absolute Gasteiger partial charge is 0.355 e. The van der Waals surface area contributed by atoms with Gasteiger partial charge in [-0.3, -0.25) is 19.1 Å². The summed E-state index contributed by atoms with van der Waals surface area (Å²) in [4.78, 5) is 60.5. The predicted molar refractivity (Wildman–Crippen MR) is 92.0 cm³/mol. The van der Waals surface area contributed by atoms with Crippen LogP contribution in [0.4, 0.5) is 0 Å². The number of nitrogens with zero attached hydrogens (tertiary/aromatic N) is 3. The Morgan fingerprint density at radius 1 is 1.21 bits per heavy atom. The number of fused-ring (bicyclic) bond motifs is 1. The first kappa shape index (κ1) is 18.7. The van der Waals surface area contributed by atoms with Crippen LogP contribution in [0, 0.1) is 0 Å². The second-order valence-corrected chi connectivity index (χ2v) is 6.20. The number of imidazole rings is 1. The highest BCUT2D eigenvalue weighted by Gasteiger charge is 2.45. The van der Waals surface area contributed by atoms with Crippen LogP contribution in [0.3, 0.4) is 0 Å². The number of hydrogen-bond donors (Lipinski definition) is 5. The van der Waals surface area contributed by atoms with E-state index in [1.54, 1.807) is 0 Å². The molecule has 3 aromatic rings. The van der Waals surface area contributed by atoms with Gasteiger partial charge < -0.3 is 29.7 Å². The van der Waals surface area contributed by atoms with Crippen LogP contribution >= 0.6 is 0 Å². The van der Waals surface area contributed by atoms with Crippen molar-refractivity contribution in [3.05, 3.63) is 55.6 Å². The molecule has 14 nitrogen and oxygen atoms in total. The number of aromatic amines is 3. The van der Waals surface area contributed by atoms with Crippen molar-refractivity contribution in [2.75, 3.05) is 6.61 Å². The molecule has 0 amide bonds. The molecular weight excluding hydrogens is 392 g/mol. The maximum Gasteiger partial charge on any atom is 0.355 e. The van der Waals surface area contributed by atoms with E-state index in [9.17, 15) is 29.4 Å². The number of hydrogen-bond acceptors (Lipinski definition) is 10. The van der Waals surface area contributed by atoms with E-state index >= 15 is 0 Å². The molecule has 4 rings (SSSR count). The minimum Gasteiger partial charge on any atom is -0.458 e. The summed E-state index contributed by atoms with van der Waals surface area (Å²) in [5.41, 5.74) is -2.39. The molecular formula is C15H14N6O8. The molecule has 1 saturated heterocycles. The number of ether oxygens (including phenoxy) is 2. The summed E-state index contributed by atoms with van der Waals surface area (Å²) < 4.78 is 11.8. The molecule has 0 unspecified atom stereocenters. The lowest BCUT2D eigenvalue weighted by Gasteiger charge is -2.16. The molecule has 4 atom stereocenters. The Balaban J connectivity index is 1.50. The number of aliphatic hydroxyl groups excluding tert-OH is 2. The number of nitrogens with one attached hydrogen (secondary N) is 3. The predicted octanol–water partition coefficient (Wildman–Crippen LogP) is -3.03. The third-order valence-electron chi connectivity index (χ3n) is 4.34. The summed E-state index contributed by atoms with van der Waals surface area (Å²) in [5.74, 6) is -1.02. The van der Waals surface area contributed by atoms with Gasteiger partial charge in [0.2, 0.25) is 0 Å². The van der Waals surface area contributed by atoms with Gasteiger partial charge in [-0.1, -0.05) is 0 Å². The minimum absolute atomic E-state index is 0.0194. The van der Waals surface area contributed by atoms with E-state index in [2.05, 4.69) is 19.9 Å². The summed E-state index contributed by atoms with van der Waals surface area (Å²) in [5, 5.41) is 20.5. The first-order valence-corrected chi connectivity index (χ1v) is 8.27. The third-order valence-corrected chi connectivity index (χ3v) is 4.34.